The van der Waals surface area contributed by atoms with Crippen molar-refractivity contribution in [1.29, 1.82) is 0 Å². The fraction of sp³-hybridized carbons (Fsp3) is 0.400. The molecule has 0 unspecified atom stereocenters. The maximum absolute atomic E-state index is 10.6. The lowest BCUT2D eigenvalue weighted by molar-refractivity contribution is -0.143. The van der Waals surface area contributed by atoms with Crippen molar-refractivity contribution in [2.45, 2.75) is 0 Å². The first-order valence-corrected chi connectivity index (χ1v) is 2.91. The highest BCUT2D eigenvalue weighted by Crippen LogP contribution is 1.88. The topological polar surface area (TPSA) is 121 Å². The number of primary amides is 1. The molecule has 7 nitrogen and oxygen atoms in total. The van der Waals surface area contributed by atoms with Gasteiger partial charge in [0.25, 0.3) is 5.91 Å². The molecule has 0 bridgehead atoms. The Hall–Kier alpha value is -1.63. The van der Waals surface area contributed by atoms with Gasteiger partial charge in [-0.3, -0.25) is 14.5 Å². The molecule has 12 heavy (non-hydrogen) atoms. The number of aliphatic hydroxyl groups excluding tert-OH is 1. The Bertz CT molecular complexity index is 214. The number of carbonyl (C=O) groups excluding carboxylic acids is 2. The van der Waals surface area contributed by atoms with Crippen LogP contribution in [-0.2, 0) is 9.59 Å². The SMILES string of the molecule is NC(=O)N(CC(=O)O)C(=O)CO. The number of hydrogen-bond donors (Lipinski definition) is 3. The summed E-state index contributed by atoms with van der Waals surface area (Å²) < 4.78 is 0. The van der Waals surface area contributed by atoms with Crippen molar-refractivity contribution in [2.75, 3.05) is 13.2 Å². The van der Waals surface area contributed by atoms with Gasteiger partial charge in [0.15, 0.2) is 0 Å². The summed E-state index contributed by atoms with van der Waals surface area (Å²) >= 11 is 0. The van der Waals surface area contributed by atoms with E-state index in [9.17, 15) is 14.4 Å². The number of aliphatic hydroxyl groups is 1. The summed E-state index contributed by atoms with van der Waals surface area (Å²) in [5.74, 6) is -2.42. The summed E-state index contributed by atoms with van der Waals surface area (Å²) in [4.78, 5) is 31.3. The van der Waals surface area contributed by atoms with Crippen molar-refractivity contribution in [3.8, 4) is 0 Å². The molecule has 0 saturated heterocycles. The molecule has 0 aromatic heterocycles. The molecule has 0 aromatic carbocycles. The number of carboxylic acids is 1. The Balaban J connectivity index is 4.33. The van der Waals surface area contributed by atoms with Crippen molar-refractivity contribution < 1.29 is 24.6 Å². The van der Waals surface area contributed by atoms with Gasteiger partial charge in [0, 0.05) is 0 Å². The summed E-state index contributed by atoms with van der Waals surface area (Å²) in [6, 6.07) is -1.20. The lowest BCUT2D eigenvalue weighted by Gasteiger charge is -2.13. The lowest BCUT2D eigenvalue weighted by Crippen LogP contribution is -2.45. The Kier molecular flexibility index (Phi) is 3.71. The van der Waals surface area contributed by atoms with E-state index in [1.807, 2.05) is 0 Å². The number of aliphatic carboxylic acids is 1. The number of amides is 3. The first-order valence-electron chi connectivity index (χ1n) is 2.91. The Morgan fingerprint density at radius 3 is 2.08 bits per heavy atom. The van der Waals surface area contributed by atoms with Crippen molar-refractivity contribution in [3.05, 3.63) is 0 Å². The highest BCUT2D eigenvalue weighted by molar-refractivity contribution is 5.96. The van der Waals surface area contributed by atoms with Crippen LogP contribution in [0.3, 0.4) is 0 Å². The van der Waals surface area contributed by atoms with Gasteiger partial charge in [-0.15, -0.1) is 0 Å². The maximum atomic E-state index is 10.6. The Labute approximate surface area is 67.4 Å². The summed E-state index contributed by atoms with van der Waals surface area (Å²) in [6.45, 7) is -1.79. The number of nitrogens with two attached hydrogens (primary N) is 1. The fourth-order valence-corrected chi connectivity index (χ4v) is 0.510. The van der Waals surface area contributed by atoms with E-state index in [-0.39, 0.29) is 4.90 Å². The van der Waals surface area contributed by atoms with Crippen molar-refractivity contribution in [2.24, 2.45) is 5.73 Å². The van der Waals surface area contributed by atoms with E-state index in [2.05, 4.69) is 5.73 Å². The first kappa shape index (κ1) is 10.4. The second-order valence-electron chi connectivity index (χ2n) is 1.87. The quantitative estimate of drug-likeness (QED) is 0.457. The van der Waals surface area contributed by atoms with Crippen LogP contribution in [0.2, 0.25) is 0 Å². The van der Waals surface area contributed by atoms with Gasteiger partial charge in [-0.2, -0.15) is 0 Å². The van der Waals surface area contributed by atoms with E-state index in [4.69, 9.17) is 10.2 Å². The first-order chi connectivity index (χ1) is 5.49. The van der Waals surface area contributed by atoms with E-state index in [0.29, 0.717) is 0 Å². The second-order valence-corrected chi connectivity index (χ2v) is 1.87. The summed E-state index contributed by atoms with van der Waals surface area (Å²) in [7, 11) is 0. The zero-order valence-corrected chi connectivity index (χ0v) is 6.06. The second kappa shape index (κ2) is 4.29. The number of hydrogen-bond acceptors (Lipinski definition) is 4. The van der Waals surface area contributed by atoms with Crippen LogP contribution in [0, 0.1) is 0 Å². The molecular formula is C5H8N2O5. The van der Waals surface area contributed by atoms with E-state index < -0.39 is 31.1 Å². The molecule has 0 atom stereocenters. The summed E-state index contributed by atoms with van der Waals surface area (Å²) in [6.07, 6.45) is 0. The molecule has 0 fully saturated rings. The Morgan fingerprint density at radius 1 is 1.33 bits per heavy atom. The molecule has 4 N–H and O–H groups in total. The van der Waals surface area contributed by atoms with Crippen LogP contribution in [0.1, 0.15) is 0 Å². The molecule has 7 heteroatoms. The van der Waals surface area contributed by atoms with Gasteiger partial charge in [-0.25, -0.2) is 4.79 Å². The predicted molar refractivity (Wildman–Crippen MR) is 36.0 cm³/mol. The molecule has 0 aliphatic rings. The molecule has 0 rings (SSSR count). The molecule has 68 valence electrons. The van der Waals surface area contributed by atoms with Gasteiger partial charge in [-0.1, -0.05) is 0 Å². The van der Waals surface area contributed by atoms with E-state index in [1.165, 1.54) is 0 Å². The third-order valence-electron chi connectivity index (χ3n) is 0.996. The van der Waals surface area contributed by atoms with Gasteiger partial charge >= 0.3 is 12.0 Å². The molecule has 0 heterocycles. The third-order valence-corrected chi connectivity index (χ3v) is 0.996. The maximum Gasteiger partial charge on any atom is 0.323 e. The fourth-order valence-electron chi connectivity index (χ4n) is 0.510. The van der Waals surface area contributed by atoms with Gasteiger partial charge in [0.2, 0.25) is 0 Å². The third kappa shape index (κ3) is 2.97. The average molecular weight is 176 g/mol. The van der Waals surface area contributed by atoms with Crippen molar-refractivity contribution in [3.63, 3.8) is 0 Å². The standard InChI is InChI=1S/C5H8N2O5/c6-5(12)7(1-4(10)11)3(9)2-8/h8H,1-2H2,(H2,6,12)(H,10,11). The zero-order chi connectivity index (χ0) is 9.72. The van der Waals surface area contributed by atoms with E-state index >= 15 is 0 Å². The number of rotatable bonds is 3. The van der Waals surface area contributed by atoms with Gasteiger partial charge in [0.1, 0.15) is 13.2 Å². The number of carbonyl (C=O) groups is 3. The molecule has 3 amide bonds. The monoisotopic (exact) mass is 176 g/mol. The van der Waals surface area contributed by atoms with Crippen LogP contribution >= 0.6 is 0 Å². The Morgan fingerprint density at radius 2 is 1.83 bits per heavy atom. The number of imide groups is 1. The van der Waals surface area contributed by atoms with Crippen LogP contribution in [0.25, 0.3) is 0 Å². The largest absolute Gasteiger partial charge is 0.480 e. The highest BCUT2D eigenvalue weighted by Gasteiger charge is 2.20. The molecule has 0 aliphatic heterocycles. The van der Waals surface area contributed by atoms with Gasteiger partial charge in [0.05, 0.1) is 0 Å². The van der Waals surface area contributed by atoms with Crippen molar-refractivity contribution in [1.82, 2.24) is 4.90 Å². The lowest BCUT2D eigenvalue weighted by atomic mass is 10.5. The minimum Gasteiger partial charge on any atom is -0.480 e. The van der Waals surface area contributed by atoms with Crippen LogP contribution < -0.4 is 5.73 Å². The smallest absolute Gasteiger partial charge is 0.323 e. The van der Waals surface area contributed by atoms with Gasteiger partial charge in [-0.05, 0) is 0 Å². The van der Waals surface area contributed by atoms with Crippen molar-refractivity contribution >= 4 is 17.9 Å². The van der Waals surface area contributed by atoms with Crippen LogP contribution in [0.15, 0.2) is 0 Å². The van der Waals surface area contributed by atoms with Crippen LogP contribution in [-0.4, -0.2) is 46.2 Å². The molecule has 0 aromatic rings. The average Bonchev–Trinajstić information content (AvgIpc) is 1.98. The van der Waals surface area contributed by atoms with E-state index in [1.54, 1.807) is 0 Å². The van der Waals surface area contributed by atoms with Crippen LogP contribution in [0.5, 0.6) is 0 Å². The van der Waals surface area contributed by atoms with E-state index in [0.717, 1.165) is 0 Å². The zero-order valence-electron chi connectivity index (χ0n) is 6.06. The van der Waals surface area contributed by atoms with Crippen LogP contribution in [0.4, 0.5) is 4.79 Å². The predicted octanol–water partition coefficient (Wildman–Crippen LogP) is -2.03. The minimum atomic E-state index is -1.38. The molecule has 0 saturated carbocycles. The number of urea groups is 1. The molecule has 0 radical (unpaired) electrons. The summed E-state index contributed by atoms with van der Waals surface area (Å²) in [5, 5.41) is 16.5. The summed E-state index contributed by atoms with van der Waals surface area (Å²) in [5.41, 5.74) is 4.65. The number of carboxylic acid groups (broad SMARTS) is 1. The number of nitrogens with zero attached hydrogens (tertiary/aromatic N) is 1. The van der Waals surface area contributed by atoms with Gasteiger partial charge < -0.3 is 15.9 Å². The molecule has 0 spiro atoms. The molecule has 0 aliphatic carbocycles. The molecular weight excluding hydrogens is 168 g/mol. The normalized spacial score (nSPS) is 9.08. The highest BCUT2D eigenvalue weighted by atomic mass is 16.4. The minimum absolute atomic E-state index is 0.238.